The van der Waals surface area contributed by atoms with Crippen LogP contribution >= 0.6 is 11.8 Å². The molecular formula is C22H27FN2O2S. The van der Waals surface area contributed by atoms with Gasteiger partial charge in [-0.1, -0.05) is 42.5 Å². The smallest absolute Gasteiger partial charge is 0.242 e. The highest BCUT2D eigenvalue weighted by atomic mass is 32.2. The fourth-order valence-electron chi connectivity index (χ4n) is 2.69. The van der Waals surface area contributed by atoms with Crippen molar-refractivity contribution in [2.45, 2.75) is 45.2 Å². The van der Waals surface area contributed by atoms with Crippen molar-refractivity contribution in [1.29, 1.82) is 0 Å². The van der Waals surface area contributed by atoms with E-state index >= 15 is 0 Å². The van der Waals surface area contributed by atoms with Crippen molar-refractivity contribution in [1.82, 2.24) is 10.2 Å². The van der Waals surface area contributed by atoms with Gasteiger partial charge in [0.15, 0.2) is 0 Å². The van der Waals surface area contributed by atoms with E-state index in [0.29, 0.717) is 12.3 Å². The Bertz CT molecular complexity index is 766. The monoisotopic (exact) mass is 402 g/mol. The fraction of sp³-hybridized carbons (Fsp3) is 0.364. The van der Waals surface area contributed by atoms with E-state index in [1.54, 1.807) is 24.0 Å². The second kappa shape index (κ2) is 10.9. The molecule has 28 heavy (non-hydrogen) atoms. The molecule has 0 saturated carbocycles. The van der Waals surface area contributed by atoms with Gasteiger partial charge >= 0.3 is 0 Å². The Morgan fingerprint density at radius 2 is 1.64 bits per heavy atom. The summed E-state index contributed by atoms with van der Waals surface area (Å²) in [5.41, 5.74) is 1.93. The Morgan fingerprint density at radius 3 is 2.25 bits per heavy atom. The van der Waals surface area contributed by atoms with Crippen LogP contribution < -0.4 is 5.32 Å². The molecule has 0 aliphatic heterocycles. The third-order valence-electron chi connectivity index (χ3n) is 4.20. The predicted molar refractivity (Wildman–Crippen MR) is 112 cm³/mol. The lowest BCUT2D eigenvalue weighted by Crippen LogP contribution is -2.49. The normalized spacial score (nSPS) is 11.9. The van der Waals surface area contributed by atoms with Gasteiger partial charge < -0.3 is 10.2 Å². The highest BCUT2D eigenvalue weighted by Crippen LogP contribution is 2.16. The quantitative estimate of drug-likeness (QED) is 0.690. The minimum atomic E-state index is -0.568. The molecule has 2 amide bonds. The molecule has 150 valence electrons. The van der Waals surface area contributed by atoms with Gasteiger partial charge in [0.1, 0.15) is 11.9 Å². The van der Waals surface area contributed by atoms with Crippen LogP contribution in [0.3, 0.4) is 0 Å². The Morgan fingerprint density at radius 1 is 1.00 bits per heavy atom. The maximum atomic E-state index is 13.0. The average Bonchev–Trinajstić information content (AvgIpc) is 2.67. The first kappa shape index (κ1) is 22.0. The van der Waals surface area contributed by atoms with Crippen molar-refractivity contribution in [2.75, 3.05) is 5.75 Å². The van der Waals surface area contributed by atoms with Gasteiger partial charge in [0.2, 0.25) is 11.8 Å². The molecule has 0 spiro atoms. The number of nitrogens with zero attached hydrogens (tertiary/aromatic N) is 1. The number of rotatable bonds is 9. The van der Waals surface area contributed by atoms with Crippen molar-refractivity contribution >= 4 is 23.6 Å². The SMILES string of the molecule is CC(C)NC(=O)[C@@H](C)N(Cc1ccccc1)C(=O)CSCc1ccc(F)cc1. The average molecular weight is 403 g/mol. The maximum absolute atomic E-state index is 13.0. The summed E-state index contributed by atoms with van der Waals surface area (Å²) in [6, 6.07) is 15.3. The fourth-order valence-corrected chi connectivity index (χ4v) is 3.56. The van der Waals surface area contributed by atoms with E-state index in [1.807, 2.05) is 44.2 Å². The molecule has 4 nitrogen and oxygen atoms in total. The largest absolute Gasteiger partial charge is 0.352 e. The molecule has 0 fully saturated rings. The number of thioether (sulfide) groups is 1. The second-order valence-corrected chi connectivity index (χ2v) is 7.95. The van der Waals surface area contributed by atoms with E-state index in [4.69, 9.17) is 0 Å². The molecule has 0 aliphatic carbocycles. The lowest BCUT2D eigenvalue weighted by molar-refractivity contribution is -0.138. The van der Waals surface area contributed by atoms with Gasteiger partial charge in [-0.15, -0.1) is 11.8 Å². The highest BCUT2D eigenvalue weighted by Gasteiger charge is 2.26. The molecule has 0 heterocycles. The number of hydrogen-bond donors (Lipinski definition) is 1. The Kier molecular flexibility index (Phi) is 8.51. The molecule has 0 aliphatic rings. The Labute approximate surface area is 170 Å². The molecule has 0 unspecified atom stereocenters. The summed E-state index contributed by atoms with van der Waals surface area (Å²) < 4.78 is 13.0. The summed E-state index contributed by atoms with van der Waals surface area (Å²) in [6.45, 7) is 5.92. The number of halogens is 1. The van der Waals surface area contributed by atoms with Crippen molar-refractivity contribution in [3.63, 3.8) is 0 Å². The van der Waals surface area contributed by atoms with Gasteiger partial charge in [0.05, 0.1) is 5.75 Å². The first-order chi connectivity index (χ1) is 13.4. The Hall–Kier alpha value is -2.34. The minimum Gasteiger partial charge on any atom is -0.352 e. The molecule has 0 bridgehead atoms. The number of hydrogen-bond acceptors (Lipinski definition) is 3. The number of carbonyl (C=O) groups is 2. The zero-order chi connectivity index (χ0) is 20.5. The molecule has 2 aromatic rings. The number of amides is 2. The van der Waals surface area contributed by atoms with Crippen molar-refractivity contribution < 1.29 is 14.0 Å². The summed E-state index contributed by atoms with van der Waals surface area (Å²) >= 11 is 1.46. The van der Waals surface area contributed by atoms with Gasteiger partial charge in [-0.05, 0) is 44.0 Å². The second-order valence-electron chi connectivity index (χ2n) is 6.97. The molecule has 0 aromatic heterocycles. The molecule has 0 radical (unpaired) electrons. The van der Waals surface area contributed by atoms with Crippen LogP contribution in [-0.2, 0) is 21.9 Å². The zero-order valence-electron chi connectivity index (χ0n) is 16.5. The number of nitrogens with one attached hydrogen (secondary N) is 1. The van der Waals surface area contributed by atoms with Crippen LogP contribution in [0, 0.1) is 5.82 Å². The van der Waals surface area contributed by atoms with Crippen molar-refractivity contribution in [2.24, 2.45) is 0 Å². The van der Waals surface area contributed by atoms with Crippen molar-refractivity contribution in [3.8, 4) is 0 Å². The third kappa shape index (κ3) is 7.00. The highest BCUT2D eigenvalue weighted by molar-refractivity contribution is 7.99. The molecule has 2 aromatic carbocycles. The van der Waals surface area contributed by atoms with Crippen LogP contribution in [-0.4, -0.2) is 34.6 Å². The summed E-state index contributed by atoms with van der Waals surface area (Å²) in [7, 11) is 0. The maximum Gasteiger partial charge on any atom is 0.242 e. The standard InChI is InChI=1S/C22H27FN2O2S/c1-16(2)24-22(27)17(3)25(13-18-7-5-4-6-8-18)21(26)15-28-14-19-9-11-20(23)12-10-19/h4-12,16-17H,13-15H2,1-3H3,(H,24,27)/t17-/m1/s1. The lowest BCUT2D eigenvalue weighted by Gasteiger charge is -2.29. The molecule has 6 heteroatoms. The zero-order valence-corrected chi connectivity index (χ0v) is 17.3. The van der Waals surface area contributed by atoms with Gasteiger partial charge in [-0.3, -0.25) is 9.59 Å². The van der Waals surface area contributed by atoms with E-state index in [1.165, 1.54) is 23.9 Å². The summed E-state index contributed by atoms with van der Waals surface area (Å²) in [6.07, 6.45) is 0. The molecule has 2 rings (SSSR count). The predicted octanol–water partition coefficient (Wildman–Crippen LogP) is 4.00. The van der Waals surface area contributed by atoms with Crippen LogP contribution in [0.1, 0.15) is 31.9 Å². The first-order valence-corrected chi connectivity index (χ1v) is 10.5. The summed E-state index contributed by atoms with van der Waals surface area (Å²) in [5.74, 6) is 0.329. The Balaban J connectivity index is 2.02. The summed E-state index contributed by atoms with van der Waals surface area (Å²) in [4.78, 5) is 27.0. The van der Waals surface area contributed by atoms with Gasteiger partial charge in [0, 0.05) is 18.3 Å². The number of carbonyl (C=O) groups excluding carboxylic acids is 2. The number of benzene rings is 2. The first-order valence-electron chi connectivity index (χ1n) is 9.32. The van der Waals surface area contributed by atoms with Crippen LogP contribution in [0.15, 0.2) is 54.6 Å². The van der Waals surface area contributed by atoms with E-state index in [0.717, 1.165) is 11.1 Å². The van der Waals surface area contributed by atoms with Crippen LogP contribution in [0.4, 0.5) is 4.39 Å². The minimum absolute atomic E-state index is 0.0106. The van der Waals surface area contributed by atoms with Crippen molar-refractivity contribution in [3.05, 3.63) is 71.5 Å². The molecule has 0 saturated heterocycles. The van der Waals surface area contributed by atoms with Crippen LogP contribution in [0.5, 0.6) is 0 Å². The topological polar surface area (TPSA) is 49.4 Å². The van der Waals surface area contributed by atoms with E-state index in [2.05, 4.69) is 5.32 Å². The molecule has 1 N–H and O–H groups in total. The van der Waals surface area contributed by atoms with E-state index in [9.17, 15) is 14.0 Å². The van der Waals surface area contributed by atoms with Crippen LogP contribution in [0.25, 0.3) is 0 Å². The third-order valence-corrected chi connectivity index (χ3v) is 5.19. The van der Waals surface area contributed by atoms with E-state index < -0.39 is 6.04 Å². The lowest BCUT2D eigenvalue weighted by atomic mass is 10.1. The summed E-state index contributed by atoms with van der Waals surface area (Å²) in [5, 5.41) is 2.88. The van der Waals surface area contributed by atoms with Gasteiger partial charge in [0.25, 0.3) is 0 Å². The van der Waals surface area contributed by atoms with Gasteiger partial charge in [-0.2, -0.15) is 0 Å². The molecule has 1 atom stereocenters. The van der Waals surface area contributed by atoms with E-state index in [-0.39, 0.29) is 29.4 Å². The van der Waals surface area contributed by atoms with Gasteiger partial charge in [-0.25, -0.2) is 4.39 Å². The molecular weight excluding hydrogens is 375 g/mol. The van der Waals surface area contributed by atoms with Crippen LogP contribution in [0.2, 0.25) is 0 Å².